The van der Waals surface area contributed by atoms with Gasteiger partial charge in [0.05, 0.1) is 11.3 Å². The highest BCUT2D eigenvalue weighted by atomic mass is 32.2. The quantitative estimate of drug-likeness (QED) is 0.822. The lowest BCUT2D eigenvalue weighted by molar-refractivity contribution is 0.643. The van der Waals surface area contributed by atoms with Gasteiger partial charge >= 0.3 is 0 Å². The highest BCUT2D eigenvalue weighted by molar-refractivity contribution is 7.98. The summed E-state index contributed by atoms with van der Waals surface area (Å²) < 4.78 is 1.40. The minimum Gasteiger partial charge on any atom is -0.328 e. The number of hydrogen-bond acceptors (Lipinski definition) is 5. The molecule has 0 saturated carbocycles. The van der Waals surface area contributed by atoms with Crippen LogP contribution in [0, 0.1) is 0 Å². The summed E-state index contributed by atoms with van der Waals surface area (Å²) in [5.74, 6) is 1.43. The molecule has 5 nitrogen and oxygen atoms in total. The molecule has 0 aliphatic rings. The van der Waals surface area contributed by atoms with Crippen molar-refractivity contribution >= 4 is 22.7 Å². The Labute approximate surface area is 109 Å². The molecule has 0 fully saturated rings. The highest BCUT2D eigenvalue weighted by Gasteiger charge is 2.04. The average molecular weight is 264 g/mol. The van der Waals surface area contributed by atoms with Gasteiger partial charge in [-0.15, -0.1) is 16.9 Å². The minimum absolute atomic E-state index is 0.0890. The molecule has 1 aromatic carbocycles. The predicted molar refractivity (Wildman–Crippen MR) is 74.5 cm³/mol. The molecule has 18 heavy (non-hydrogen) atoms. The summed E-state index contributed by atoms with van der Waals surface area (Å²) in [5, 5.41) is 8.57. The molecular weight excluding hydrogens is 248 g/mol. The van der Waals surface area contributed by atoms with Crippen molar-refractivity contribution in [2.45, 2.75) is 25.3 Å². The normalized spacial score (nSPS) is 12.8. The van der Waals surface area contributed by atoms with Crippen LogP contribution in [0.25, 0.3) is 10.9 Å². The number of hydrogen-bond donors (Lipinski definition) is 1. The first kappa shape index (κ1) is 13.0. The Hall–Kier alpha value is -1.40. The highest BCUT2D eigenvalue weighted by Crippen LogP contribution is 2.07. The molecular formula is C12H16N4OS. The second-order valence-electron chi connectivity index (χ2n) is 4.21. The standard InChI is InChI=1S/C12H16N4OS/c1-9(13)6-7-18-8-16-12(17)10-4-2-3-5-11(10)14-15-16/h2-5,9H,6-8,13H2,1H3. The van der Waals surface area contributed by atoms with Crippen molar-refractivity contribution in [2.24, 2.45) is 5.73 Å². The van der Waals surface area contributed by atoms with Crippen LogP contribution in [0.1, 0.15) is 13.3 Å². The van der Waals surface area contributed by atoms with Crippen LogP contribution in [0.2, 0.25) is 0 Å². The molecule has 0 aliphatic heterocycles. The number of nitrogens with two attached hydrogens (primary N) is 1. The number of benzene rings is 1. The summed E-state index contributed by atoms with van der Waals surface area (Å²) in [4.78, 5) is 12.1. The summed E-state index contributed by atoms with van der Waals surface area (Å²) in [6.45, 7) is 1.97. The fraction of sp³-hybridized carbons (Fsp3) is 0.417. The Bertz CT molecular complexity index is 582. The zero-order valence-corrected chi connectivity index (χ0v) is 11.1. The molecule has 2 aromatic rings. The van der Waals surface area contributed by atoms with Gasteiger partial charge in [0.1, 0.15) is 5.52 Å². The molecule has 96 valence electrons. The fourth-order valence-electron chi connectivity index (χ4n) is 1.53. The van der Waals surface area contributed by atoms with Crippen LogP contribution in [0.15, 0.2) is 29.1 Å². The second kappa shape index (κ2) is 5.97. The first-order valence-corrected chi connectivity index (χ1v) is 7.00. The Balaban J connectivity index is 2.10. The van der Waals surface area contributed by atoms with E-state index in [9.17, 15) is 4.79 Å². The van der Waals surface area contributed by atoms with E-state index >= 15 is 0 Å². The van der Waals surface area contributed by atoms with Crippen molar-refractivity contribution < 1.29 is 0 Å². The molecule has 1 unspecified atom stereocenters. The number of rotatable bonds is 5. The van der Waals surface area contributed by atoms with Crippen LogP contribution in [0.5, 0.6) is 0 Å². The third-order valence-electron chi connectivity index (χ3n) is 2.56. The van der Waals surface area contributed by atoms with Crippen molar-refractivity contribution in [3.8, 4) is 0 Å². The molecule has 2 N–H and O–H groups in total. The van der Waals surface area contributed by atoms with Gasteiger partial charge in [0, 0.05) is 6.04 Å². The lowest BCUT2D eigenvalue weighted by Crippen LogP contribution is -2.23. The van der Waals surface area contributed by atoms with Gasteiger partial charge in [-0.1, -0.05) is 17.3 Å². The number of thioether (sulfide) groups is 1. The molecule has 2 rings (SSSR count). The van der Waals surface area contributed by atoms with E-state index in [4.69, 9.17) is 5.73 Å². The van der Waals surface area contributed by atoms with Gasteiger partial charge in [0.2, 0.25) is 0 Å². The van der Waals surface area contributed by atoms with Crippen molar-refractivity contribution in [1.82, 2.24) is 15.0 Å². The topological polar surface area (TPSA) is 73.8 Å². The lowest BCUT2D eigenvalue weighted by Gasteiger charge is -2.06. The summed E-state index contributed by atoms with van der Waals surface area (Å²) in [6, 6.07) is 7.43. The van der Waals surface area contributed by atoms with Crippen molar-refractivity contribution in [1.29, 1.82) is 0 Å². The van der Waals surface area contributed by atoms with Crippen molar-refractivity contribution in [2.75, 3.05) is 5.75 Å². The molecule has 0 bridgehead atoms. The summed E-state index contributed by atoms with van der Waals surface area (Å²) in [7, 11) is 0. The molecule has 1 heterocycles. The molecule has 0 radical (unpaired) electrons. The maximum absolute atomic E-state index is 12.1. The molecule has 0 saturated heterocycles. The van der Waals surface area contributed by atoms with E-state index in [0.29, 0.717) is 16.8 Å². The Morgan fingerprint density at radius 1 is 1.44 bits per heavy atom. The SMILES string of the molecule is CC(N)CCSCn1nnc2ccccc2c1=O. The molecule has 0 aliphatic carbocycles. The Kier molecular flexibility index (Phi) is 4.33. The van der Waals surface area contributed by atoms with Crippen molar-refractivity contribution in [3.63, 3.8) is 0 Å². The van der Waals surface area contributed by atoms with Crippen LogP contribution >= 0.6 is 11.8 Å². The van der Waals surface area contributed by atoms with Crippen LogP contribution in [-0.2, 0) is 5.88 Å². The maximum Gasteiger partial charge on any atom is 0.278 e. The summed E-state index contributed by atoms with van der Waals surface area (Å²) in [6.07, 6.45) is 0.931. The second-order valence-corrected chi connectivity index (χ2v) is 5.29. The number of nitrogens with zero attached hydrogens (tertiary/aromatic N) is 3. The van der Waals surface area contributed by atoms with E-state index in [-0.39, 0.29) is 11.6 Å². The molecule has 1 aromatic heterocycles. The van der Waals surface area contributed by atoms with Gasteiger partial charge < -0.3 is 5.73 Å². The van der Waals surface area contributed by atoms with Gasteiger partial charge in [-0.2, -0.15) is 0 Å². The van der Waals surface area contributed by atoms with Crippen molar-refractivity contribution in [3.05, 3.63) is 34.6 Å². The Morgan fingerprint density at radius 2 is 2.22 bits per heavy atom. The number of fused-ring (bicyclic) bond motifs is 1. The van der Waals surface area contributed by atoms with Crippen LogP contribution in [0.3, 0.4) is 0 Å². The molecule has 6 heteroatoms. The first-order valence-electron chi connectivity index (χ1n) is 5.84. The summed E-state index contributed by atoms with van der Waals surface area (Å²) >= 11 is 1.64. The van der Waals surface area contributed by atoms with E-state index in [2.05, 4.69) is 10.3 Å². The lowest BCUT2D eigenvalue weighted by atomic mass is 10.2. The largest absolute Gasteiger partial charge is 0.328 e. The van der Waals surface area contributed by atoms with Crippen LogP contribution in [-0.4, -0.2) is 26.8 Å². The molecule has 0 spiro atoms. The maximum atomic E-state index is 12.1. The first-order chi connectivity index (χ1) is 8.68. The van der Waals surface area contributed by atoms with Gasteiger partial charge in [0.15, 0.2) is 0 Å². The zero-order valence-electron chi connectivity index (χ0n) is 10.2. The van der Waals surface area contributed by atoms with Crippen LogP contribution < -0.4 is 11.3 Å². The van der Waals surface area contributed by atoms with E-state index in [0.717, 1.165) is 12.2 Å². The van der Waals surface area contributed by atoms with E-state index in [1.54, 1.807) is 23.9 Å². The monoisotopic (exact) mass is 264 g/mol. The van der Waals surface area contributed by atoms with Gasteiger partial charge in [-0.3, -0.25) is 4.79 Å². The minimum atomic E-state index is -0.0890. The number of aromatic nitrogens is 3. The third kappa shape index (κ3) is 3.08. The fourth-order valence-corrected chi connectivity index (χ4v) is 2.54. The predicted octanol–water partition coefficient (Wildman–Crippen LogP) is 1.22. The van der Waals surface area contributed by atoms with Gasteiger partial charge in [0.25, 0.3) is 5.56 Å². The van der Waals surface area contributed by atoms with Gasteiger partial charge in [-0.05, 0) is 31.2 Å². The molecule has 1 atom stereocenters. The third-order valence-corrected chi connectivity index (χ3v) is 3.51. The van der Waals surface area contributed by atoms with E-state index in [1.807, 2.05) is 19.1 Å². The Morgan fingerprint density at radius 3 is 3.00 bits per heavy atom. The zero-order chi connectivity index (χ0) is 13.0. The average Bonchev–Trinajstić information content (AvgIpc) is 2.37. The van der Waals surface area contributed by atoms with E-state index < -0.39 is 0 Å². The van der Waals surface area contributed by atoms with Gasteiger partial charge in [-0.25, -0.2) is 4.68 Å². The van der Waals surface area contributed by atoms with E-state index in [1.165, 1.54) is 4.68 Å². The summed E-state index contributed by atoms with van der Waals surface area (Å²) in [5.41, 5.74) is 6.22. The van der Waals surface area contributed by atoms with Crippen LogP contribution in [0.4, 0.5) is 0 Å². The molecule has 0 amide bonds. The smallest absolute Gasteiger partial charge is 0.278 e.